The van der Waals surface area contributed by atoms with Crippen LogP contribution >= 0.6 is 0 Å². The fraction of sp³-hybridized carbons (Fsp3) is 0.412. The van der Waals surface area contributed by atoms with Crippen molar-refractivity contribution in [3.05, 3.63) is 42.6 Å². The molecule has 0 N–H and O–H groups in total. The summed E-state index contributed by atoms with van der Waals surface area (Å²) in [5, 5.41) is 7.67. The minimum atomic E-state index is -3.65. The van der Waals surface area contributed by atoms with Crippen molar-refractivity contribution >= 4 is 10.0 Å². The molecular formula is C17H21N3O4S. The molecule has 2 aromatic rings. The molecule has 1 aromatic carbocycles. The van der Waals surface area contributed by atoms with Crippen molar-refractivity contribution < 1.29 is 17.9 Å². The predicted octanol–water partition coefficient (Wildman–Crippen LogP) is 2.11. The van der Waals surface area contributed by atoms with Gasteiger partial charge in [-0.2, -0.15) is 9.40 Å². The first kappa shape index (κ1) is 17.6. The normalized spacial score (nSPS) is 18.7. The third-order valence-electron chi connectivity index (χ3n) is 3.94. The number of benzene rings is 1. The van der Waals surface area contributed by atoms with E-state index in [2.05, 4.69) is 10.2 Å². The molecule has 0 radical (unpaired) electrons. The van der Waals surface area contributed by atoms with Gasteiger partial charge in [0, 0.05) is 18.8 Å². The fourth-order valence-corrected chi connectivity index (χ4v) is 4.46. The summed E-state index contributed by atoms with van der Waals surface area (Å²) in [6.07, 6.45) is 2.81. The van der Waals surface area contributed by atoms with Crippen LogP contribution in [-0.4, -0.2) is 48.7 Å². The van der Waals surface area contributed by atoms with E-state index in [-0.39, 0.29) is 17.5 Å². The Hall–Kier alpha value is -2.19. The summed E-state index contributed by atoms with van der Waals surface area (Å²) in [6.45, 7) is 2.97. The summed E-state index contributed by atoms with van der Waals surface area (Å²) in [5.41, 5.74) is 0. The predicted molar refractivity (Wildman–Crippen MR) is 92.1 cm³/mol. The van der Waals surface area contributed by atoms with Gasteiger partial charge < -0.3 is 9.47 Å². The molecule has 7 nitrogen and oxygen atoms in total. The van der Waals surface area contributed by atoms with Gasteiger partial charge in [-0.1, -0.05) is 12.1 Å². The van der Waals surface area contributed by atoms with Crippen LogP contribution in [0.1, 0.15) is 19.8 Å². The molecule has 25 heavy (non-hydrogen) atoms. The molecule has 134 valence electrons. The van der Waals surface area contributed by atoms with Gasteiger partial charge in [-0.15, -0.1) is 5.10 Å². The Labute approximate surface area is 147 Å². The summed E-state index contributed by atoms with van der Waals surface area (Å²) in [6, 6.07) is 10.2. The van der Waals surface area contributed by atoms with Crippen molar-refractivity contribution in [1.29, 1.82) is 0 Å². The van der Waals surface area contributed by atoms with E-state index in [9.17, 15) is 8.42 Å². The number of para-hydroxylation sites is 1. The standard InChI is InChI=1S/C17H21N3O4S/c1-2-23-15-8-3-4-9-16(15)25(21,22)20-12-6-7-14(13-20)24-17-10-5-11-18-19-17/h3-5,8-11,14H,2,6-7,12-13H2,1H3. The van der Waals surface area contributed by atoms with Gasteiger partial charge in [0.2, 0.25) is 15.9 Å². The summed E-state index contributed by atoms with van der Waals surface area (Å²) < 4.78 is 38.8. The number of hydrogen-bond donors (Lipinski definition) is 0. The second-order valence-electron chi connectivity index (χ2n) is 5.69. The first-order valence-corrected chi connectivity index (χ1v) is 9.71. The average Bonchev–Trinajstić information content (AvgIpc) is 2.63. The molecule has 3 rings (SSSR count). The summed E-state index contributed by atoms with van der Waals surface area (Å²) in [5.74, 6) is 0.781. The van der Waals surface area contributed by atoms with Gasteiger partial charge in [-0.3, -0.25) is 0 Å². The molecule has 0 aliphatic carbocycles. The molecule has 0 saturated carbocycles. The molecule has 1 saturated heterocycles. The van der Waals surface area contributed by atoms with Gasteiger partial charge in [0.05, 0.1) is 13.2 Å². The lowest BCUT2D eigenvalue weighted by Crippen LogP contribution is -2.44. The second kappa shape index (κ2) is 7.79. The van der Waals surface area contributed by atoms with Gasteiger partial charge in [-0.25, -0.2) is 8.42 Å². The number of aromatic nitrogens is 2. The number of sulfonamides is 1. The van der Waals surface area contributed by atoms with Crippen LogP contribution in [0.15, 0.2) is 47.5 Å². The highest BCUT2D eigenvalue weighted by molar-refractivity contribution is 7.89. The lowest BCUT2D eigenvalue weighted by atomic mass is 10.1. The van der Waals surface area contributed by atoms with Crippen LogP contribution in [-0.2, 0) is 10.0 Å². The lowest BCUT2D eigenvalue weighted by molar-refractivity contribution is 0.123. The Kier molecular flexibility index (Phi) is 5.50. The van der Waals surface area contributed by atoms with E-state index in [4.69, 9.17) is 9.47 Å². The SMILES string of the molecule is CCOc1ccccc1S(=O)(=O)N1CCCC(Oc2cccnn2)C1. The van der Waals surface area contributed by atoms with Gasteiger partial charge in [0.15, 0.2) is 0 Å². The third kappa shape index (κ3) is 4.08. The number of rotatable bonds is 6. The zero-order chi connectivity index (χ0) is 17.7. The van der Waals surface area contributed by atoms with Gasteiger partial charge in [0.25, 0.3) is 0 Å². The minimum Gasteiger partial charge on any atom is -0.492 e. The first-order valence-electron chi connectivity index (χ1n) is 8.27. The van der Waals surface area contributed by atoms with Crippen LogP contribution in [0, 0.1) is 0 Å². The third-order valence-corrected chi connectivity index (χ3v) is 5.85. The molecule has 1 aliphatic heterocycles. The molecule has 1 unspecified atom stereocenters. The van der Waals surface area contributed by atoms with Crippen molar-refractivity contribution in [1.82, 2.24) is 14.5 Å². The van der Waals surface area contributed by atoms with Crippen LogP contribution in [0.4, 0.5) is 0 Å². The molecule has 1 fully saturated rings. The minimum absolute atomic E-state index is 0.192. The largest absolute Gasteiger partial charge is 0.492 e. The number of piperidine rings is 1. The number of ether oxygens (including phenoxy) is 2. The Bertz CT molecular complexity index is 799. The van der Waals surface area contributed by atoms with E-state index >= 15 is 0 Å². The molecule has 8 heteroatoms. The van der Waals surface area contributed by atoms with E-state index < -0.39 is 10.0 Å². The molecule has 0 bridgehead atoms. The fourth-order valence-electron chi connectivity index (χ4n) is 2.82. The summed E-state index contributed by atoms with van der Waals surface area (Å²) >= 11 is 0. The maximum Gasteiger partial charge on any atom is 0.246 e. The van der Waals surface area contributed by atoms with Crippen molar-refractivity contribution in [3.63, 3.8) is 0 Å². The van der Waals surface area contributed by atoms with E-state index in [1.54, 1.807) is 42.6 Å². The Balaban J connectivity index is 1.78. The van der Waals surface area contributed by atoms with Crippen molar-refractivity contribution in [2.75, 3.05) is 19.7 Å². The van der Waals surface area contributed by atoms with E-state index in [1.165, 1.54) is 4.31 Å². The van der Waals surface area contributed by atoms with Crippen LogP contribution in [0.25, 0.3) is 0 Å². The van der Waals surface area contributed by atoms with Gasteiger partial charge >= 0.3 is 0 Å². The smallest absolute Gasteiger partial charge is 0.246 e. The highest BCUT2D eigenvalue weighted by atomic mass is 32.2. The zero-order valence-electron chi connectivity index (χ0n) is 14.0. The van der Waals surface area contributed by atoms with E-state index in [1.807, 2.05) is 6.92 Å². The molecule has 0 amide bonds. The zero-order valence-corrected chi connectivity index (χ0v) is 14.9. The second-order valence-corrected chi connectivity index (χ2v) is 7.59. The van der Waals surface area contributed by atoms with Crippen LogP contribution < -0.4 is 9.47 Å². The Morgan fingerprint density at radius 3 is 2.84 bits per heavy atom. The summed E-state index contributed by atoms with van der Waals surface area (Å²) in [7, 11) is -3.65. The molecule has 1 aliphatic rings. The molecule has 1 atom stereocenters. The molecule has 2 heterocycles. The van der Waals surface area contributed by atoms with Crippen molar-refractivity contribution in [3.8, 4) is 11.6 Å². The maximum atomic E-state index is 13.0. The van der Waals surface area contributed by atoms with E-state index in [0.29, 0.717) is 24.8 Å². The van der Waals surface area contributed by atoms with Crippen molar-refractivity contribution in [2.45, 2.75) is 30.8 Å². The summed E-state index contributed by atoms with van der Waals surface area (Å²) in [4.78, 5) is 0.192. The van der Waals surface area contributed by atoms with Crippen LogP contribution in [0.5, 0.6) is 11.6 Å². The Morgan fingerprint density at radius 1 is 1.24 bits per heavy atom. The maximum absolute atomic E-state index is 13.0. The molecular weight excluding hydrogens is 342 g/mol. The molecule has 0 spiro atoms. The van der Waals surface area contributed by atoms with Crippen LogP contribution in [0.2, 0.25) is 0 Å². The van der Waals surface area contributed by atoms with Crippen molar-refractivity contribution in [2.24, 2.45) is 0 Å². The van der Waals surface area contributed by atoms with Crippen LogP contribution in [0.3, 0.4) is 0 Å². The number of hydrogen-bond acceptors (Lipinski definition) is 6. The highest BCUT2D eigenvalue weighted by Crippen LogP contribution is 2.29. The monoisotopic (exact) mass is 363 g/mol. The highest BCUT2D eigenvalue weighted by Gasteiger charge is 2.33. The lowest BCUT2D eigenvalue weighted by Gasteiger charge is -2.32. The Morgan fingerprint density at radius 2 is 2.08 bits per heavy atom. The topological polar surface area (TPSA) is 81.6 Å². The first-order chi connectivity index (χ1) is 12.1. The van der Waals surface area contributed by atoms with Gasteiger partial charge in [-0.05, 0) is 38.0 Å². The van der Waals surface area contributed by atoms with E-state index in [0.717, 1.165) is 12.8 Å². The number of nitrogens with zero attached hydrogens (tertiary/aromatic N) is 3. The average molecular weight is 363 g/mol. The van der Waals surface area contributed by atoms with Gasteiger partial charge in [0.1, 0.15) is 16.7 Å². The quantitative estimate of drug-likeness (QED) is 0.782. The molecule has 1 aromatic heterocycles.